The average molecular weight is 151 g/mol. The first-order valence-corrected chi connectivity index (χ1v) is 4.62. The lowest BCUT2D eigenvalue weighted by atomic mass is 9.45. The Hall–Kier alpha value is -0.530. The molecule has 3 fully saturated rings. The van der Waals surface area contributed by atoms with Gasteiger partial charge in [-0.1, -0.05) is 6.42 Å². The Balaban J connectivity index is 1.93. The molecule has 11 heavy (non-hydrogen) atoms. The number of hydrogen-bond acceptors (Lipinski definition) is 1. The fourth-order valence-corrected chi connectivity index (χ4v) is 2.98. The van der Waals surface area contributed by atoms with E-state index in [4.69, 9.17) is 0 Å². The molecule has 1 N–H and O–H groups in total. The molecule has 3 rings (SSSR count). The summed E-state index contributed by atoms with van der Waals surface area (Å²) < 4.78 is 0. The topological polar surface area (TPSA) is 29.1 Å². The van der Waals surface area contributed by atoms with E-state index in [1.54, 1.807) is 0 Å². The predicted molar refractivity (Wildman–Crippen MR) is 41.0 cm³/mol. The molecule has 0 aromatic heterocycles. The lowest BCUT2D eigenvalue weighted by Gasteiger charge is -2.67. The molecule has 1 amide bonds. The first-order chi connectivity index (χ1) is 5.29. The number of carbonyl (C=O) groups is 1. The zero-order chi connectivity index (χ0) is 7.53. The van der Waals surface area contributed by atoms with Crippen LogP contribution in [-0.2, 0) is 4.79 Å². The van der Waals surface area contributed by atoms with Crippen molar-refractivity contribution in [3.63, 3.8) is 0 Å². The van der Waals surface area contributed by atoms with Crippen LogP contribution < -0.4 is 5.32 Å². The van der Waals surface area contributed by atoms with E-state index in [2.05, 4.69) is 5.32 Å². The molecule has 3 aliphatic rings. The summed E-state index contributed by atoms with van der Waals surface area (Å²) in [5.41, 5.74) is 0.452. The highest BCUT2D eigenvalue weighted by Crippen LogP contribution is 2.62. The largest absolute Gasteiger partial charge is 0.349 e. The molecule has 2 nitrogen and oxygen atoms in total. The van der Waals surface area contributed by atoms with Gasteiger partial charge in [-0.3, -0.25) is 4.79 Å². The SMILES string of the molecule is O=C1NC2(CCC2)C12CCC2. The molecule has 2 heteroatoms. The van der Waals surface area contributed by atoms with Crippen molar-refractivity contribution in [3.8, 4) is 0 Å². The van der Waals surface area contributed by atoms with Crippen molar-refractivity contribution in [1.29, 1.82) is 0 Å². The second kappa shape index (κ2) is 1.47. The second-order valence-corrected chi connectivity index (χ2v) is 4.33. The molecule has 0 unspecified atom stereocenters. The van der Waals surface area contributed by atoms with Gasteiger partial charge in [0, 0.05) is 0 Å². The first kappa shape index (κ1) is 6.04. The van der Waals surface area contributed by atoms with E-state index in [1.807, 2.05) is 0 Å². The molecule has 2 spiro atoms. The molecule has 0 bridgehead atoms. The maximum Gasteiger partial charge on any atom is 0.229 e. The zero-order valence-corrected chi connectivity index (χ0v) is 6.65. The van der Waals surface area contributed by atoms with Gasteiger partial charge >= 0.3 is 0 Å². The van der Waals surface area contributed by atoms with Gasteiger partial charge in [-0.25, -0.2) is 0 Å². The maximum atomic E-state index is 11.3. The van der Waals surface area contributed by atoms with E-state index < -0.39 is 0 Å². The third kappa shape index (κ3) is 0.420. The molecule has 1 aliphatic heterocycles. The van der Waals surface area contributed by atoms with Gasteiger partial charge < -0.3 is 5.32 Å². The van der Waals surface area contributed by atoms with E-state index in [1.165, 1.54) is 38.5 Å². The number of β-lactam (4-membered cyclic amide) rings is 1. The smallest absolute Gasteiger partial charge is 0.229 e. The van der Waals surface area contributed by atoms with Crippen molar-refractivity contribution < 1.29 is 4.79 Å². The second-order valence-electron chi connectivity index (χ2n) is 4.33. The minimum absolute atomic E-state index is 0.144. The molecule has 1 heterocycles. The number of hydrogen-bond donors (Lipinski definition) is 1. The third-order valence-electron chi connectivity index (χ3n) is 4.12. The normalized spacial score (nSPS) is 35.5. The Labute approximate surface area is 66.4 Å². The lowest BCUT2D eigenvalue weighted by Crippen LogP contribution is -2.81. The minimum atomic E-state index is 0.144. The van der Waals surface area contributed by atoms with Gasteiger partial charge in [0.2, 0.25) is 5.91 Å². The molecule has 0 aromatic rings. The van der Waals surface area contributed by atoms with Gasteiger partial charge in [0.05, 0.1) is 11.0 Å². The summed E-state index contributed by atoms with van der Waals surface area (Å²) in [7, 11) is 0. The number of carbonyl (C=O) groups excluding carboxylic acids is 1. The van der Waals surface area contributed by atoms with Crippen LogP contribution in [0.4, 0.5) is 0 Å². The van der Waals surface area contributed by atoms with Gasteiger partial charge in [0.25, 0.3) is 0 Å². The molecule has 0 atom stereocenters. The van der Waals surface area contributed by atoms with Crippen LogP contribution in [0.15, 0.2) is 0 Å². The molecule has 60 valence electrons. The van der Waals surface area contributed by atoms with Crippen molar-refractivity contribution in [1.82, 2.24) is 5.32 Å². The Morgan fingerprint density at radius 3 is 1.91 bits per heavy atom. The summed E-state index contributed by atoms with van der Waals surface area (Å²) >= 11 is 0. The monoisotopic (exact) mass is 151 g/mol. The molecular weight excluding hydrogens is 138 g/mol. The van der Waals surface area contributed by atoms with Crippen LogP contribution >= 0.6 is 0 Å². The Morgan fingerprint density at radius 1 is 1.09 bits per heavy atom. The number of amides is 1. The van der Waals surface area contributed by atoms with Crippen LogP contribution in [0.2, 0.25) is 0 Å². The first-order valence-electron chi connectivity index (χ1n) is 4.62. The van der Waals surface area contributed by atoms with Crippen molar-refractivity contribution >= 4 is 5.91 Å². The quantitative estimate of drug-likeness (QED) is 0.518. The van der Waals surface area contributed by atoms with Gasteiger partial charge in [-0.05, 0) is 32.1 Å². The molecule has 1 saturated heterocycles. The van der Waals surface area contributed by atoms with Gasteiger partial charge in [-0.2, -0.15) is 0 Å². The van der Waals surface area contributed by atoms with E-state index in [-0.39, 0.29) is 5.41 Å². The van der Waals surface area contributed by atoms with E-state index in [0.717, 1.165) is 0 Å². The summed E-state index contributed by atoms with van der Waals surface area (Å²) in [4.78, 5) is 11.3. The van der Waals surface area contributed by atoms with Gasteiger partial charge in [-0.15, -0.1) is 0 Å². The van der Waals surface area contributed by atoms with E-state index in [0.29, 0.717) is 11.4 Å². The maximum absolute atomic E-state index is 11.3. The number of rotatable bonds is 0. The average Bonchev–Trinajstić information content (AvgIpc) is 1.73. The van der Waals surface area contributed by atoms with E-state index in [9.17, 15) is 4.79 Å². The molecule has 2 aliphatic carbocycles. The molecular formula is C9H13NO. The highest BCUT2D eigenvalue weighted by Gasteiger charge is 2.69. The molecule has 0 aromatic carbocycles. The summed E-state index contributed by atoms with van der Waals surface area (Å²) in [6, 6.07) is 0. The van der Waals surface area contributed by atoms with Crippen LogP contribution in [0.5, 0.6) is 0 Å². The Bertz CT molecular complexity index is 226. The minimum Gasteiger partial charge on any atom is -0.349 e. The lowest BCUT2D eigenvalue weighted by molar-refractivity contribution is -0.180. The number of nitrogens with one attached hydrogen (secondary N) is 1. The van der Waals surface area contributed by atoms with Crippen LogP contribution in [-0.4, -0.2) is 11.4 Å². The number of fused-ring (bicyclic) bond motifs is 1. The van der Waals surface area contributed by atoms with Crippen molar-refractivity contribution in [2.75, 3.05) is 0 Å². The van der Waals surface area contributed by atoms with Crippen molar-refractivity contribution in [2.24, 2.45) is 5.41 Å². The highest BCUT2D eigenvalue weighted by atomic mass is 16.2. The van der Waals surface area contributed by atoms with Crippen molar-refractivity contribution in [2.45, 2.75) is 44.1 Å². The predicted octanol–water partition coefficient (Wildman–Crippen LogP) is 1.21. The fraction of sp³-hybridized carbons (Fsp3) is 0.889. The van der Waals surface area contributed by atoms with Crippen LogP contribution in [0.25, 0.3) is 0 Å². The Morgan fingerprint density at radius 2 is 1.73 bits per heavy atom. The van der Waals surface area contributed by atoms with E-state index >= 15 is 0 Å². The van der Waals surface area contributed by atoms with Crippen LogP contribution in [0.1, 0.15) is 38.5 Å². The molecule has 2 saturated carbocycles. The third-order valence-corrected chi connectivity index (χ3v) is 4.12. The summed E-state index contributed by atoms with van der Waals surface area (Å²) in [5, 5.41) is 3.11. The van der Waals surface area contributed by atoms with Crippen LogP contribution in [0, 0.1) is 5.41 Å². The van der Waals surface area contributed by atoms with Gasteiger partial charge in [0.15, 0.2) is 0 Å². The summed E-state index contributed by atoms with van der Waals surface area (Å²) in [6.45, 7) is 0. The van der Waals surface area contributed by atoms with Crippen LogP contribution in [0.3, 0.4) is 0 Å². The van der Waals surface area contributed by atoms with Gasteiger partial charge in [0.1, 0.15) is 0 Å². The fourth-order valence-electron chi connectivity index (χ4n) is 2.98. The zero-order valence-electron chi connectivity index (χ0n) is 6.65. The molecule has 0 radical (unpaired) electrons. The summed E-state index contributed by atoms with van der Waals surface area (Å²) in [6.07, 6.45) is 7.42. The highest BCUT2D eigenvalue weighted by molar-refractivity contribution is 5.93. The Kier molecular flexibility index (Phi) is 0.809. The standard InChI is InChI=1S/C9H13NO/c11-7-8(3-1-4-8)9(10-7)5-2-6-9/h1-6H2,(H,10,11). The summed E-state index contributed by atoms with van der Waals surface area (Å²) in [5.74, 6) is 0.350. The van der Waals surface area contributed by atoms with Crippen molar-refractivity contribution in [3.05, 3.63) is 0 Å².